The van der Waals surface area contributed by atoms with Gasteiger partial charge in [-0.15, -0.1) is 5.10 Å². The Kier molecular flexibility index (Phi) is 6.95. The van der Waals surface area contributed by atoms with Crippen LogP contribution in [0.2, 0.25) is 5.02 Å². The molecule has 0 radical (unpaired) electrons. The van der Waals surface area contributed by atoms with Crippen LogP contribution < -0.4 is 9.47 Å². The number of carbonyl (C=O) groups excluding carboxylic acids is 1. The molecule has 2 aromatic carbocycles. The molecule has 0 aliphatic carbocycles. The van der Waals surface area contributed by atoms with Crippen molar-refractivity contribution in [1.82, 2.24) is 4.90 Å². The Hall–Kier alpha value is -2.51. The summed E-state index contributed by atoms with van der Waals surface area (Å²) in [5.41, 5.74) is 1.94. The van der Waals surface area contributed by atoms with Crippen molar-refractivity contribution in [2.45, 2.75) is 6.42 Å². The van der Waals surface area contributed by atoms with Gasteiger partial charge in [0.25, 0.3) is 0 Å². The second kappa shape index (κ2) is 9.61. The zero-order valence-electron chi connectivity index (χ0n) is 15.6. The van der Waals surface area contributed by atoms with E-state index in [-0.39, 0.29) is 5.91 Å². The number of nitrogens with zero attached hydrogens (tertiary/aromatic N) is 3. The number of hydrogen-bond donors (Lipinski definition) is 0. The molecule has 1 heterocycles. The minimum Gasteiger partial charge on any atom is -0.493 e. The molecule has 1 aliphatic heterocycles. The third kappa shape index (κ3) is 5.05. The molecule has 0 aromatic heterocycles. The number of carbonyl (C=O) groups is 1. The van der Waals surface area contributed by atoms with E-state index in [1.807, 2.05) is 30.3 Å². The number of ether oxygens (including phenoxy) is 2. The fraction of sp³-hybridized carbons (Fsp3) is 0.250. The Morgan fingerprint density at radius 2 is 1.89 bits per heavy atom. The van der Waals surface area contributed by atoms with E-state index >= 15 is 0 Å². The van der Waals surface area contributed by atoms with Crippen LogP contribution in [0.25, 0.3) is 0 Å². The van der Waals surface area contributed by atoms with E-state index in [0.29, 0.717) is 40.4 Å². The average Bonchev–Trinajstić information content (AvgIpc) is 3.07. The standard InChI is InChI=1S/C20H20ClN3O3S/c1-26-17-8-5-14(11-18(17)27-2)9-10-24-19(25)13-28-20(24)23-22-12-15-3-6-16(21)7-4-15/h3-8,11-12H,9-10,13H2,1-2H3. The molecule has 1 amide bonds. The van der Waals surface area contributed by atoms with Crippen LogP contribution in [0.15, 0.2) is 52.7 Å². The zero-order valence-corrected chi connectivity index (χ0v) is 17.2. The summed E-state index contributed by atoms with van der Waals surface area (Å²) in [4.78, 5) is 13.9. The predicted octanol–water partition coefficient (Wildman–Crippen LogP) is 3.87. The molecule has 2 aromatic rings. The summed E-state index contributed by atoms with van der Waals surface area (Å²) >= 11 is 7.26. The molecule has 1 fully saturated rings. The van der Waals surface area contributed by atoms with E-state index in [4.69, 9.17) is 21.1 Å². The van der Waals surface area contributed by atoms with Crippen LogP contribution in [-0.2, 0) is 11.2 Å². The van der Waals surface area contributed by atoms with Crippen molar-refractivity contribution in [3.8, 4) is 11.5 Å². The number of rotatable bonds is 7. The lowest BCUT2D eigenvalue weighted by atomic mass is 10.1. The van der Waals surface area contributed by atoms with Gasteiger partial charge in [-0.2, -0.15) is 5.10 Å². The second-order valence-electron chi connectivity index (χ2n) is 5.95. The summed E-state index contributed by atoms with van der Waals surface area (Å²) in [7, 11) is 3.21. The molecule has 1 saturated heterocycles. The van der Waals surface area contributed by atoms with Crippen molar-refractivity contribution in [3.05, 3.63) is 58.6 Å². The van der Waals surface area contributed by atoms with E-state index in [0.717, 1.165) is 11.1 Å². The van der Waals surface area contributed by atoms with Gasteiger partial charge in [-0.25, -0.2) is 0 Å². The monoisotopic (exact) mass is 417 g/mol. The van der Waals surface area contributed by atoms with E-state index in [9.17, 15) is 4.79 Å². The van der Waals surface area contributed by atoms with Gasteiger partial charge in [-0.3, -0.25) is 9.69 Å². The Morgan fingerprint density at radius 1 is 1.14 bits per heavy atom. The smallest absolute Gasteiger partial charge is 0.239 e. The molecule has 0 bridgehead atoms. The molecule has 0 saturated carbocycles. The molecule has 0 atom stereocenters. The number of benzene rings is 2. The number of thioether (sulfide) groups is 1. The summed E-state index contributed by atoms with van der Waals surface area (Å²) in [6, 6.07) is 13.0. The van der Waals surface area contributed by atoms with Crippen LogP contribution in [-0.4, -0.2) is 48.7 Å². The van der Waals surface area contributed by atoms with E-state index in [2.05, 4.69) is 10.2 Å². The minimum atomic E-state index is 0.0333. The number of methoxy groups -OCH3 is 2. The number of hydrogen-bond acceptors (Lipinski definition) is 6. The second-order valence-corrected chi connectivity index (χ2v) is 7.33. The van der Waals surface area contributed by atoms with Gasteiger partial charge in [0, 0.05) is 11.6 Å². The third-order valence-electron chi connectivity index (χ3n) is 4.15. The van der Waals surface area contributed by atoms with Crippen LogP contribution in [0.3, 0.4) is 0 Å². The summed E-state index contributed by atoms with van der Waals surface area (Å²) in [6.07, 6.45) is 2.31. The van der Waals surface area contributed by atoms with Crippen molar-refractivity contribution in [3.63, 3.8) is 0 Å². The molecule has 28 heavy (non-hydrogen) atoms. The van der Waals surface area contributed by atoms with Crippen LogP contribution in [0.5, 0.6) is 11.5 Å². The maximum absolute atomic E-state index is 12.2. The zero-order chi connectivity index (χ0) is 19.9. The fourth-order valence-corrected chi connectivity index (χ4v) is 3.65. The van der Waals surface area contributed by atoms with Crippen molar-refractivity contribution in [2.24, 2.45) is 10.2 Å². The van der Waals surface area contributed by atoms with Crippen molar-refractivity contribution < 1.29 is 14.3 Å². The SMILES string of the molecule is COc1ccc(CCN2C(=O)CSC2=NN=Cc2ccc(Cl)cc2)cc1OC. The molecule has 3 rings (SSSR count). The molecular formula is C20H20ClN3O3S. The largest absolute Gasteiger partial charge is 0.493 e. The van der Waals surface area contributed by atoms with Gasteiger partial charge in [-0.05, 0) is 41.8 Å². The fourth-order valence-electron chi connectivity index (χ4n) is 2.66. The first-order valence-electron chi connectivity index (χ1n) is 8.61. The molecule has 8 heteroatoms. The quantitative estimate of drug-likeness (QED) is 0.506. The molecule has 1 aliphatic rings. The van der Waals surface area contributed by atoms with E-state index < -0.39 is 0 Å². The van der Waals surface area contributed by atoms with Gasteiger partial charge in [-0.1, -0.05) is 41.6 Å². The summed E-state index contributed by atoms with van der Waals surface area (Å²) in [6.45, 7) is 0.524. The van der Waals surface area contributed by atoms with Gasteiger partial charge >= 0.3 is 0 Å². The minimum absolute atomic E-state index is 0.0333. The Balaban J connectivity index is 1.66. The van der Waals surface area contributed by atoms with Crippen molar-refractivity contribution in [1.29, 1.82) is 0 Å². The maximum atomic E-state index is 12.2. The molecule has 0 unspecified atom stereocenters. The van der Waals surface area contributed by atoms with Crippen LogP contribution in [0.1, 0.15) is 11.1 Å². The highest BCUT2D eigenvalue weighted by Gasteiger charge is 2.28. The van der Waals surface area contributed by atoms with Crippen molar-refractivity contribution >= 4 is 40.7 Å². The number of halogens is 1. The van der Waals surface area contributed by atoms with Gasteiger partial charge in [0.1, 0.15) is 0 Å². The Labute approximate surface area is 173 Å². The van der Waals surface area contributed by atoms with Crippen molar-refractivity contribution in [2.75, 3.05) is 26.5 Å². The average molecular weight is 418 g/mol. The van der Waals surface area contributed by atoms with Gasteiger partial charge in [0.05, 0.1) is 26.2 Å². The first-order valence-corrected chi connectivity index (χ1v) is 9.97. The topological polar surface area (TPSA) is 63.5 Å². The number of amidine groups is 1. The Morgan fingerprint density at radius 3 is 2.61 bits per heavy atom. The molecule has 146 valence electrons. The third-order valence-corrected chi connectivity index (χ3v) is 5.35. The normalized spacial score (nSPS) is 15.6. The van der Waals surface area contributed by atoms with E-state index in [1.54, 1.807) is 37.5 Å². The highest BCUT2D eigenvalue weighted by atomic mass is 35.5. The predicted molar refractivity (Wildman–Crippen MR) is 114 cm³/mol. The lowest BCUT2D eigenvalue weighted by Gasteiger charge is -2.15. The molecule has 6 nitrogen and oxygen atoms in total. The lowest BCUT2D eigenvalue weighted by Crippen LogP contribution is -2.31. The highest BCUT2D eigenvalue weighted by Crippen LogP contribution is 2.28. The number of amides is 1. The first-order chi connectivity index (χ1) is 13.6. The van der Waals surface area contributed by atoms with Crippen LogP contribution in [0, 0.1) is 0 Å². The summed E-state index contributed by atoms with van der Waals surface area (Å²) in [5, 5.41) is 9.61. The molecule has 0 spiro atoms. The first kappa shape index (κ1) is 20.2. The van der Waals surface area contributed by atoms with Gasteiger partial charge in [0.15, 0.2) is 16.7 Å². The van der Waals surface area contributed by atoms with Crippen LogP contribution in [0.4, 0.5) is 0 Å². The van der Waals surface area contributed by atoms with Gasteiger partial charge < -0.3 is 9.47 Å². The van der Waals surface area contributed by atoms with Crippen LogP contribution >= 0.6 is 23.4 Å². The maximum Gasteiger partial charge on any atom is 0.239 e. The van der Waals surface area contributed by atoms with Gasteiger partial charge in [0.2, 0.25) is 5.91 Å². The Bertz CT molecular complexity index is 900. The van der Waals surface area contributed by atoms with E-state index in [1.165, 1.54) is 11.8 Å². The molecule has 0 N–H and O–H groups in total. The summed E-state index contributed by atoms with van der Waals surface area (Å²) < 4.78 is 10.6. The summed E-state index contributed by atoms with van der Waals surface area (Å²) in [5.74, 6) is 1.76. The lowest BCUT2D eigenvalue weighted by molar-refractivity contribution is -0.124. The molecular weight excluding hydrogens is 398 g/mol. The highest BCUT2D eigenvalue weighted by molar-refractivity contribution is 8.15.